The van der Waals surface area contributed by atoms with E-state index in [1.807, 2.05) is 12.4 Å². The van der Waals surface area contributed by atoms with E-state index in [-0.39, 0.29) is 5.56 Å². The maximum absolute atomic E-state index is 11.0. The Bertz CT molecular complexity index is 794. The summed E-state index contributed by atoms with van der Waals surface area (Å²) < 4.78 is 7.19. The van der Waals surface area contributed by atoms with Crippen LogP contribution in [-0.2, 0) is 6.42 Å². The summed E-state index contributed by atoms with van der Waals surface area (Å²) in [5.74, 6) is -0.330. The number of carbonyl (C=O) groups is 1. The van der Waals surface area contributed by atoms with Crippen molar-refractivity contribution in [3.05, 3.63) is 46.2 Å². The largest absolute Gasteiger partial charge is 0.492 e. The number of hydrogen-bond donors (Lipinski definition) is 1. The van der Waals surface area contributed by atoms with E-state index in [2.05, 4.69) is 10.1 Å². The van der Waals surface area contributed by atoms with Crippen LogP contribution in [0.1, 0.15) is 20.9 Å². The number of carboxylic acids is 1. The Morgan fingerprint density at radius 3 is 3.05 bits per heavy atom. The minimum absolute atomic E-state index is 0.182. The molecule has 21 heavy (non-hydrogen) atoms. The van der Waals surface area contributed by atoms with E-state index in [4.69, 9.17) is 9.84 Å². The molecule has 0 radical (unpaired) electrons. The summed E-state index contributed by atoms with van der Waals surface area (Å²) >= 11 is 1.62. The topological polar surface area (TPSA) is 76.7 Å². The molecule has 3 heterocycles. The number of aromatic nitrogens is 3. The van der Waals surface area contributed by atoms with Crippen molar-refractivity contribution >= 4 is 22.8 Å². The fourth-order valence-corrected chi connectivity index (χ4v) is 2.81. The first kappa shape index (κ1) is 13.6. The number of hydrogen-bond acceptors (Lipinski definition) is 5. The third kappa shape index (κ3) is 2.73. The standard InChI is InChI=1S/C14H13N3O3S/c1-9-13(21-8-15-9)4-5-20-10-2-3-12-11(14(18)19)6-16-17(12)7-10/h2-3,6-8H,4-5H2,1H3,(H,18,19). The molecule has 3 rings (SSSR count). The van der Waals surface area contributed by atoms with Gasteiger partial charge in [-0.1, -0.05) is 0 Å². The number of rotatable bonds is 5. The molecule has 0 aliphatic carbocycles. The number of fused-ring (bicyclic) bond motifs is 1. The van der Waals surface area contributed by atoms with Crippen molar-refractivity contribution in [2.75, 3.05) is 6.61 Å². The van der Waals surface area contributed by atoms with Crippen LogP contribution in [0, 0.1) is 6.92 Å². The van der Waals surface area contributed by atoms with Gasteiger partial charge in [0.05, 0.1) is 35.7 Å². The molecule has 6 nitrogen and oxygen atoms in total. The fraction of sp³-hybridized carbons (Fsp3) is 0.214. The molecule has 0 unspecified atom stereocenters. The lowest BCUT2D eigenvalue weighted by Gasteiger charge is -2.06. The van der Waals surface area contributed by atoms with Crippen molar-refractivity contribution in [1.82, 2.24) is 14.6 Å². The van der Waals surface area contributed by atoms with E-state index in [0.29, 0.717) is 17.9 Å². The Kier molecular flexibility index (Phi) is 3.57. The fourth-order valence-electron chi connectivity index (χ4n) is 2.04. The molecule has 0 aromatic carbocycles. The average Bonchev–Trinajstić information content (AvgIpc) is 3.05. The molecule has 3 aromatic rings. The Hall–Kier alpha value is -2.41. The highest BCUT2D eigenvalue weighted by Gasteiger charge is 2.11. The molecule has 7 heteroatoms. The molecule has 0 atom stereocenters. The van der Waals surface area contributed by atoms with E-state index in [0.717, 1.165) is 12.1 Å². The molecule has 108 valence electrons. The maximum Gasteiger partial charge on any atom is 0.339 e. The van der Waals surface area contributed by atoms with Gasteiger partial charge in [-0.15, -0.1) is 11.3 Å². The van der Waals surface area contributed by atoms with Gasteiger partial charge in [0.2, 0.25) is 0 Å². The zero-order valence-electron chi connectivity index (χ0n) is 11.3. The molecule has 0 saturated carbocycles. The predicted molar refractivity (Wildman–Crippen MR) is 78.2 cm³/mol. The second-order valence-electron chi connectivity index (χ2n) is 4.52. The predicted octanol–water partition coefficient (Wildman–Crippen LogP) is 2.42. The second kappa shape index (κ2) is 5.53. The summed E-state index contributed by atoms with van der Waals surface area (Å²) in [4.78, 5) is 16.4. The first-order valence-electron chi connectivity index (χ1n) is 6.37. The number of aryl methyl sites for hydroxylation is 1. The molecular formula is C14H13N3O3S. The minimum atomic E-state index is -0.987. The van der Waals surface area contributed by atoms with Crippen LogP contribution in [0.3, 0.4) is 0 Å². The SMILES string of the molecule is Cc1ncsc1CCOc1ccc2c(C(=O)O)cnn2c1. The number of carboxylic acid groups (broad SMARTS) is 1. The summed E-state index contributed by atoms with van der Waals surface area (Å²) in [6.45, 7) is 2.52. The van der Waals surface area contributed by atoms with Crippen molar-refractivity contribution in [2.45, 2.75) is 13.3 Å². The number of thiazole rings is 1. The highest BCUT2D eigenvalue weighted by molar-refractivity contribution is 7.09. The van der Waals surface area contributed by atoms with Crippen LogP contribution in [0.2, 0.25) is 0 Å². The lowest BCUT2D eigenvalue weighted by Crippen LogP contribution is -2.02. The van der Waals surface area contributed by atoms with Crippen LogP contribution >= 0.6 is 11.3 Å². The van der Waals surface area contributed by atoms with E-state index in [1.165, 1.54) is 15.6 Å². The Balaban J connectivity index is 1.70. The number of nitrogens with zero attached hydrogens (tertiary/aromatic N) is 3. The van der Waals surface area contributed by atoms with Crippen molar-refractivity contribution in [3.8, 4) is 5.75 Å². The molecular weight excluding hydrogens is 290 g/mol. The smallest absolute Gasteiger partial charge is 0.339 e. The number of ether oxygens (including phenoxy) is 1. The van der Waals surface area contributed by atoms with Gasteiger partial charge in [0.25, 0.3) is 0 Å². The normalized spacial score (nSPS) is 10.9. The van der Waals surface area contributed by atoms with Gasteiger partial charge in [-0.3, -0.25) is 0 Å². The first-order valence-corrected chi connectivity index (χ1v) is 7.25. The molecule has 0 spiro atoms. The quantitative estimate of drug-likeness (QED) is 0.783. The van der Waals surface area contributed by atoms with Gasteiger partial charge >= 0.3 is 5.97 Å². The lowest BCUT2D eigenvalue weighted by molar-refractivity contribution is 0.0699. The highest BCUT2D eigenvalue weighted by Crippen LogP contribution is 2.18. The van der Waals surface area contributed by atoms with Crippen molar-refractivity contribution in [2.24, 2.45) is 0 Å². The monoisotopic (exact) mass is 303 g/mol. The van der Waals surface area contributed by atoms with Crippen LogP contribution in [0.4, 0.5) is 0 Å². The molecule has 3 aromatic heterocycles. The molecule has 0 bridgehead atoms. The summed E-state index contributed by atoms with van der Waals surface area (Å²) in [6, 6.07) is 3.45. The van der Waals surface area contributed by atoms with Gasteiger partial charge < -0.3 is 9.84 Å². The van der Waals surface area contributed by atoms with Crippen molar-refractivity contribution < 1.29 is 14.6 Å². The lowest BCUT2D eigenvalue weighted by atomic mass is 10.2. The van der Waals surface area contributed by atoms with Gasteiger partial charge in [0.1, 0.15) is 11.3 Å². The zero-order valence-corrected chi connectivity index (χ0v) is 12.1. The zero-order chi connectivity index (χ0) is 14.8. The average molecular weight is 303 g/mol. The second-order valence-corrected chi connectivity index (χ2v) is 5.46. The third-order valence-electron chi connectivity index (χ3n) is 3.16. The highest BCUT2D eigenvalue weighted by atomic mass is 32.1. The Labute approximate surface area is 124 Å². The van der Waals surface area contributed by atoms with E-state index in [9.17, 15) is 4.79 Å². The Morgan fingerprint density at radius 2 is 2.33 bits per heavy atom. The van der Waals surface area contributed by atoms with Crippen molar-refractivity contribution in [3.63, 3.8) is 0 Å². The molecule has 0 saturated heterocycles. The number of pyridine rings is 1. The van der Waals surface area contributed by atoms with Gasteiger partial charge in [-0.05, 0) is 19.1 Å². The maximum atomic E-state index is 11.0. The third-order valence-corrected chi connectivity index (χ3v) is 4.16. The molecule has 0 aliphatic rings. The van der Waals surface area contributed by atoms with Crippen LogP contribution < -0.4 is 4.74 Å². The van der Waals surface area contributed by atoms with Crippen LogP contribution in [0.25, 0.3) is 5.52 Å². The van der Waals surface area contributed by atoms with E-state index >= 15 is 0 Å². The summed E-state index contributed by atoms with van der Waals surface area (Å²) in [7, 11) is 0. The van der Waals surface area contributed by atoms with E-state index < -0.39 is 5.97 Å². The molecule has 0 aliphatic heterocycles. The van der Waals surface area contributed by atoms with Crippen LogP contribution in [-0.4, -0.2) is 32.3 Å². The molecule has 0 amide bonds. The summed E-state index contributed by atoms with van der Waals surface area (Å²) in [6.07, 6.45) is 3.82. The van der Waals surface area contributed by atoms with Gasteiger partial charge in [0, 0.05) is 11.3 Å². The van der Waals surface area contributed by atoms with E-state index in [1.54, 1.807) is 29.7 Å². The van der Waals surface area contributed by atoms with Crippen LogP contribution in [0.5, 0.6) is 5.75 Å². The number of aromatic carboxylic acids is 1. The molecule has 0 fully saturated rings. The summed E-state index contributed by atoms with van der Waals surface area (Å²) in [5.41, 5.74) is 3.60. The van der Waals surface area contributed by atoms with Crippen molar-refractivity contribution in [1.29, 1.82) is 0 Å². The van der Waals surface area contributed by atoms with Gasteiger partial charge in [-0.2, -0.15) is 5.10 Å². The van der Waals surface area contributed by atoms with Crippen LogP contribution in [0.15, 0.2) is 30.0 Å². The first-order chi connectivity index (χ1) is 10.1. The van der Waals surface area contributed by atoms with Gasteiger partial charge in [0.15, 0.2) is 0 Å². The van der Waals surface area contributed by atoms with Gasteiger partial charge in [-0.25, -0.2) is 14.3 Å². The Morgan fingerprint density at radius 1 is 1.48 bits per heavy atom. The molecule has 1 N–H and O–H groups in total. The minimum Gasteiger partial charge on any atom is -0.492 e. The summed E-state index contributed by atoms with van der Waals surface area (Å²) in [5, 5.41) is 13.0.